The van der Waals surface area contributed by atoms with Gasteiger partial charge in [-0.15, -0.1) is 0 Å². The normalized spacial score (nSPS) is 17.4. The van der Waals surface area contributed by atoms with Crippen molar-refractivity contribution in [2.24, 2.45) is 0 Å². The van der Waals surface area contributed by atoms with Gasteiger partial charge >= 0.3 is 0 Å². The molecule has 0 radical (unpaired) electrons. The van der Waals surface area contributed by atoms with Crippen molar-refractivity contribution in [1.29, 1.82) is 0 Å². The van der Waals surface area contributed by atoms with Gasteiger partial charge in [0.25, 0.3) is 11.7 Å². The molecule has 1 saturated heterocycles. The zero-order valence-corrected chi connectivity index (χ0v) is 18.5. The highest BCUT2D eigenvalue weighted by molar-refractivity contribution is 6.46. The second kappa shape index (κ2) is 10.8. The third-order valence-corrected chi connectivity index (χ3v) is 5.22. The first-order valence-corrected chi connectivity index (χ1v) is 10.5. The number of aliphatic hydroxyl groups is 2. The standard InChI is InChI=1S/C24H27NO8/c1-3-33-19-14-16(6-9-18(19)27)21-20(22(28)15-4-7-17(31-2)8-5-15)23(29)24(30)25(21)10-12-32-13-11-26/h4-9,14,21,26-28H,3,10-13H2,1-2H3/b22-20+. The van der Waals surface area contributed by atoms with Gasteiger partial charge in [-0.1, -0.05) is 6.07 Å². The van der Waals surface area contributed by atoms with E-state index < -0.39 is 17.7 Å². The molecule has 0 saturated carbocycles. The number of hydrogen-bond acceptors (Lipinski definition) is 8. The number of benzene rings is 2. The predicted octanol–water partition coefficient (Wildman–Crippen LogP) is 2.23. The van der Waals surface area contributed by atoms with Gasteiger partial charge in [-0.2, -0.15) is 0 Å². The predicted molar refractivity (Wildman–Crippen MR) is 119 cm³/mol. The Bertz CT molecular complexity index is 1030. The van der Waals surface area contributed by atoms with Gasteiger partial charge in [0.15, 0.2) is 11.5 Å². The Balaban J connectivity index is 2.10. The highest BCUT2D eigenvalue weighted by atomic mass is 16.5. The van der Waals surface area contributed by atoms with Crippen LogP contribution in [0, 0.1) is 0 Å². The van der Waals surface area contributed by atoms with E-state index in [1.54, 1.807) is 37.3 Å². The van der Waals surface area contributed by atoms with Crippen molar-refractivity contribution in [2.45, 2.75) is 13.0 Å². The maximum atomic E-state index is 13.0. The number of Topliss-reactive ketones (excluding diaryl/α,β-unsaturated/α-hetero) is 1. The monoisotopic (exact) mass is 457 g/mol. The summed E-state index contributed by atoms with van der Waals surface area (Å²) in [5.41, 5.74) is 0.743. The highest BCUT2D eigenvalue weighted by Crippen LogP contribution is 2.41. The maximum absolute atomic E-state index is 13.0. The molecule has 2 aromatic rings. The molecule has 3 rings (SSSR count). The molecule has 9 nitrogen and oxygen atoms in total. The molecular formula is C24H27NO8. The van der Waals surface area contributed by atoms with Crippen LogP contribution in [0.1, 0.15) is 24.1 Å². The molecular weight excluding hydrogens is 430 g/mol. The Morgan fingerprint density at radius 1 is 1.09 bits per heavy atom. The van der Waals surface area contributed by atoms with Crippen molar-refractivity contribution in [3.8, 4) is 17.2 Å². The summed E-state index contributed by atoms with van der Waals surface area (Å²) in [6.07, 6.45) is 0. The number of methoxy groups -OCH3 is 1. The van der Waals surface area contributed by atoms with Gasteiger partial charge in [-0.3, -0.25) is 9.59 Å². The Morgan fingerprint density at radius 3 is 2.45 bits per heavy atom. The van der Waals surface area contributed by atoms with Crippen molar-refractivity contribution in [3.63, 3.8) is 0 Å². The quantitative estimate of drug-likeness (QED) is 0.215. The zero-order chi connectivity index (χ0) is 24.0. The van der Waals surface area contributed by atoms with Gasteiger partial charge in [0.1, 0.15) is 11.5 Å². The van der Waals surface area contributed by atoms with Crippen LogP contribution >= 0.6 is 0 Å². The largest absolute Gasteiger partial charge is 0.507 e. The smallest absolute Gasteiger partial charge is 0.295 e. The zero-order valence-electron chi connectivity index (χ0n) is 18.5. The second-order valence-electron chi connectivity index (χ2n) is 7.22. The van der Waals surface area contributed by atoms with Gasteiger partial charge in [0, 0.05) is 12.1 Å². The molecule has 1 atom stereocenters. The Labute approximate surface area is 191 Å². The number of phenols is 1. The van der Waals surface area contributed by atoms with E-state index in [2.05, 4.69) is 0 Å². The van der Waals surface area contributed by atoms with Crippen LogP contribution in [-0.2, 0) is 14.3 Å². The van der Waals surface area contributed by atoms with Crippen LogP contribution < -0.4 is 9.47 Å². The summed E-state index contributed by atoms with van der Waals surface area (Å²) in [5.74, 6) is -1.26. The molecule has 0 aromatic heterocycles. The summed E-state index contributed by atoms with van der Waals surface area (Å²) in [7, 11) is 1.51. The van der Waals surface area contributed by atoms with Crippen LogP contribution in [0.25, 0.3) is 5.76 Å². The number of hydrogen-bond donors (Lipinski definition) is 3. The van der Waals surface area contributed by atoms with Crippen molar-refractivity contribution >= 4 is 17.4 Å². The van der Waals surface area contributed by atoms with Crippen LogP contribution in [0.3, 0.4) is 0 Å². The summed E-state index contributed by atoms with van der Waals surface area (Å²) >= 11 is 0. The summed E-state index contributed by atoms with van der Waals surface area (Å²) < 4.78 is 15.9. The Hall–Kier alpha value is -3.56. The summed E-state index contributed by atoms with van der Waals surface area (Å²) in [6, 6.07) is 10.0. The lowest BCUT2D eigenvalue weighted by Crippen LogP contribution is -2.33. The number of aromatic hydroxyl groups is 1. The number of ketones is 1. The number of amides is 1. The SMILES string of the molecule is CCOc1cc(C2/C(=C(\O)c3ccc(OC)cc3)C(=O)C(=O)N2CCOCCO)ccc1O. The molecule has 1 fully saturated rings. The first-order chi connectivity index (χ1) is 15.9. The number of carbonyl (C=O) groups excluding carboxylic acids is 2. The number of aliphatic hydroxyl groups excluding tert-OH is 2. The van der Waals surface area contributed by atoms with E-state index >= 15 is 0 Å². The third kappa shape index (κ3) is 5.10. The summed E-state index contributed by atoms with van der Waals surface area (Å²) in [6.45, 7) is 2.13. The minimum absolute atomic E-state index is 0.0550. The lowest BCUT2D eigenvalue weighted by atomic mass is 9.95. The average Bonchev–Trinajstić information content (AvgIpc) is 3.08. The van der Waals surface area contributed by atoms with E-state index in [-0.39, 0.29) is 49.2 Å². The van der Waals surface area contributed by atoms with Gasteiger partial charge in [0.05, 0.1) is 45.2 Å². The van der Waals surface area contributed by atoms with Gasteiger partial charge in [-0.25, -0.2) is 0 Å². The minimum Gasteiger partial charge on any atom is -0.507 e. The fraction of sp³-hybridized carbons (Fsp3) is 0.333. The first kappa shape index (κ1) is 24.1. The fourth-order valence-electron chi connectivity index (χ4n) is 3.66. The second-order valence-corrected chi connectivity index (χ2v) is 7.22. The minimum atomic E-state index is -0.926. The van der Waals surface area contributed by atoms with Crippen LogP contribution in [0.5, 0.6) is 17.2 Å². The van der Waals surface area contributed by atoms with Gasteiger partial charge < -0.3 is 34.4 Å². The molecule has 1 amide bonds. The molecule has 2 aromatic carbocycles. The van der Waals surface area contributed by atoms with Gasteiger partial charge in [-0.05, 0) is 48.9 Å². The fourth-order valence-corrected chi connectivity index (χ4v) is 3.66. The van der Waals surface area contributed by atoms with Crippen LogP contribution in [0.2, 0.25) is 0 Å². The van der Waals surface area contributed by atoms with E-state index in [0.29, 0.717) is 23.5 Å². The van der Waals surface area contributed by atoms with Gasteiger partial charge in [0.2, 0.25) is 0 Å². The average molecular weight is 457 g/mol. The molecule has 3 N–H and O–H groups in total. The molecule has 176 valence electrons. The number of phenolic OH excluding ortho intramolecular Hbond substituents is 1. The highest BCUT2D eigenvalue weighted by Gasteiger charge is 2.46. The molecule has 9 heteroatoms. The number of rotatable bonds is 10. The van der Waals surface area contributed by atoms with E-state index in [0.717, 1.165) is 0 Å². The maximum Gasteiger partial charge on any atom is 0.295 e. The Kier molecular flexibility index (Phi) is 7.92. The molecule has 1 aliphatic rings. The third-order valence-electron chi connectivity index (χ3n) is 5.22. The van der Waals surface area contributed by atoms with E-state index in [1.165, 1.54) is 24.1 Å². The van der Waals surface area contributed by atoms with E-state index in [1.807, 2.05) is 0 Å². The van der Waals surface area contributed by atoms with Crippen LogP contribution in [-0.4, -0.2) is 72.0 Å². The molecule has 33 heavy (non-hydrogen) atoms. The molecule has 0 bridgehead atoms. The van der Waals surface area contributed by atoms with E-state index in [4.69, 9.17) is 19.3 Å². The molecule has 1 unspecified atom stereocenters. The summed E-state index contributed by atoms with van der Waals surface area (Å²) in [4.78, 5) is 27.2. The topological polar surface area (TPSA) is 126 Å². The number of nitrogens with zero attached hydrogens (tertiary/aromatic N) is 1. The lowest BCUT2D eigenvalue weighted by Gasteiger charge is -2.25. The molecule has 0 spiro atoms. The summed E-state index contributed by atoms with van der Waals surface area (Å²) in [5, 5.41) is 30.1. The lowest BCUT2D eigenvalue weighted by molar-refractivity contribution is -0.140. The first-order valence-electron chi connectivity index (χ1n) is 10.5. The molecule has 0 aliphatic carbocycles. The number of likely N-dealkylation sites (tertiary alicyclic amines) is 1. The van der Waals surface area contributed by atoms with Crippen molar-refractivity contribution in [2.75, 3.05) is 40.1 Å². The van der Waals surface area contributed by atoms with Crippen LogP contribution in [0.15, 0.2) is 48.0 Å². The number of carbonyl (C=O) groups is 2. The molecule has 1 heterocycles. The Morgan fingerprint density at radius 2 is 1.82 bits per heavy atom. The number of ether oxygens (including phenoxy) is 3. The van der Waals surface area contributed by atoms with Crippen LogP contribution in [0.4, 0.5) is 0 Å². The molecule has 1 aliphatic heterocycles. The van der Waals surface area contributed by atoms with Crippen molar-refractivity contribution in [1.82, 2.24) is 4.90 Å². The van der Waals surface area contributed by atoms with Crippen molar-refractivity contribution in [3.05, 3.63) is 59.2 Å². The van der Waals surface area contributed by atoms with E-state index in [9.17, 15) is 19.8 Å². The van der Waals surface area contributed by atoms with Crippen molar-refractivity contribution < 1.29 is 39.1 Å².